The normalized spacial score (nSPS) is 16.4. The molecule has 2 N–H and O–H groups in total. The lowest BCUT2D eigenvalue weighted by Crippen LogP contribution is -2.38. The molecule has 1 amide bonds. The van der Waals surface area contributed by atoms with E-state index in [4.69, 9.17) is 0 Å². The van der Waals surface area contributed by atoms with Crippen LogP contribution in [0, 0.1) is 5.82 Å². The Morgan fingerprint density at radius 2 is 2.00 bits per heavy atom. The number of halogens is 1. The van der Waals surface area contributed by atoms with Gasteiger partial charge in [-0.3, -0.25) is 4.79 Å². The molecule has 1 aliphatic carbocycles. The summed E-state index contributed by atoms with van der Waals surface area (Å²) in [6.07, 6.45) is 4.65. The van der Waals surface area contributed by atoms with Crippen LogP contribution in [0.4, 0.5) is 10.2 Å². The molecular weight excluding hydrogens is 283 g/mol. The largest absolute Gasteiger partial charge is 0.504 e. The predicted molar refractivity (Wildman–Crippen MR) is 81.1 cm³/mol. The molecule has 1 aromatic heterocycles. The highest BCUT2D eigenvalue weighted by atomic mass is 19.1. The summed E-state index contributed by atoms with van der Waals surface area (Å²) in [4.78, 5) is 16.8. The molecule has 2 aromatic rings. The summed E-state index contributed by atoms with van der Waals surface area (Å²) in [5.41, 5.74) is -0.0792. The highest BCUT2D eigenvalue weighted by Gasteiger charge is 2.43. The van der Waals surface area contributed by atoms with E-state index in [0.717, 1.165) is 12.8 Å². The number of hydrogen-bond donors (Lipinski definition) is 2. The Bertz CT molecular complexity index is 697. The highest BCUT2D eigenvalue weighted by molar-refractivity contribution is 5.99. The van der Waals surface area contributed by atoms with E-state index in [1.54, 1.807) is 18.2 Å². The third kappa shape index (κ3) is 2.54. The number of carbonyl (C=O) groups is 1. The van der Waals surface area contributed by atoms with Gasteiger partial charge in [-0.05, 0) is 42.7 Å². The van der Waals surface area contributed by atoms with Crippen molar-refractivity contribution in [3.63, 3.8) is 0 Å². The van der Waals surface area contributed by atoms with Crippen LogP contribution in [0.3, 0.4) is 0 Å². The SMILES string of the molecule is O=C(Nc1ncccc1O)C1(c2cccc(F)c2)CCCC1. The molecule has 1 fully saturated rings. The molecule has 0 bridgehead atoms. The first-order valence-electron chi connectivity index (χ1n) is 7.33. The van der Waals surface area contributed by atoms with Gasteiger partial charge in [0.1, 0.15) is 5.82 Å². The van der Waals surface area contributed by atoms with E-state index in [0.29, 0.717) is 18.4 Å². The number of pyridine rings is 1. The minimum atomic E-state index is -0.758. The van der Waals surface area contributed by atoms with Crippen molar-refractivity contribution in [2.24, 2.45) is 0 Å². The monoisotopic (exact) mass is 300 g/mol. The van der Waals surface area contributed by atoms with Gasteiger partial charge in [0.05, 0.1) is 5.41 Å². The fourth-order valence-electron chi connectivity index (χ4n) is 3.13. The second kappa shape index (κ2) is 5.75. The van der Waals surface area contributed by atoms with Gasteiger partial charge in [-0.1, -0.05) is 25.0 Å². The van der Waals surface area contributed by atoms with Crippen molar-refractivity contribution in [2.75, 3.05) is 5.32 Å². The maximum Gasteiger partial charge on any atom is 0.236 e. The van der Waals surface area contributed by atoms with Crippen molar-refractivity contribution in [1.82, 2.24) is 4.98 Å². The summed E-state index contributed by atoms with van der Waals surface area (Å²) in [7, 11) is 0. The number of aromatic nitrogens is 1. The molecule has 1 aliphatic rings. The summed E-state index contributed by atoms with van der Waals surface area (Å²) in [6.45, 7) is 0. The number of nitrogens with zero attached hydrogens (tertiary/aromatic N) is 1. The van der Waals surface area contributed by atoms with Crippen molar-refractivity contribution in [3.05, 3.63) is 54.0 Å². The summed E-state index contributed by atoms with van der Waals surface area (Å²) in [5, 5.41) is 12.5. The second-order valence-electron chi connectivity index (χ2n) is 5.62. The van der Waals surface area contributed by atoms with Crippen LogP contribution in [0.5, 0.6) is 5.75 Å². The molecule has 0 aliphatic heterocycles. The van der Waals surface area contributed by atoms with Crippen molar-refractivity contribution >= 4 is 11.7 Å². The van der Waals surface area contributed by atoms with E-state index in [1.165, 1.54) is 24.4 Å². The van der Waals surface area contributed by atoms with Crippen LogP contribution in [0.25, 0.3) is 0 Å². The average molecular weight is 300 g/mol. The molecule has 3 rings (SSSR count). The summed E-state index contributed by atoms with van der Waals surface area (Å²) < 4.78 is 13.6. The Morgan fingerprint density at radius 3 is 2.68 bits per heavy atom. The molecule has 114 valence electrons. The van der Waals surface area contributed by atoms with Crippen LogP contribution in [0.2, 0.25) is 0 Å². The predicted octanol–water partition coefficient (Wildman–Crippen LogP) is 3.38. The first-order valence-corrected chi connectivity index (χ1v) is 7.33. The number of nitrogens with one attached hydrogen (secondary N) is 1. The third-order valence-electron chi connectivity index (χ3n) is 4.29. The zero-order chi connectivity index (χ0) is 15.6. The van der Waals surface area contributed by atoms with Crippen LogP contribution < -0.4 is 5.32 Å². The van der Waals surface area contributed by atoms with Crippen LogP contribution in [-0.4, -0.2) is 16.0 Å². The van der Waals surface area contributed by atoms with E-state index in [9.17, 15) is 14.3 Å². The first kappa shape index (κ1) is 14.5. The number of anilines is 1. The summed E-state index contributed by atoms with van der Waals surface area (Å²) >= 11 is 0. The van der Waals surface area contributed by atoms with Gasteiger partial charge < -0.3 is 10.4 Å². The fraction of sp³-hybridized carbons (Fsp3) is 0.294. The smallest absolute Gasteiger partial charge is 0.236 e. The maximum atomic E-state index is 13.6. The third-order valence-corrected chi connectivity index (χ3v) is 4.29. The Hall–Kier alpha value is -2.43. The van der Waals surface area contributed by atoms with Gasteiger partial charge in [-0.15, -0.1) is 0 Å². The molecule has 0 unspecified atom stereocenters. The van der Waals surface area contributed by atoms with E-state index in [2.05, 4.69) is 10.3 Å². The molecule has 0 atom stereocenters. The van der Waals surface area contributed by atoms with Gasteiger partial charge in [0, 0.05) is 6.20 Å². The van der Waals surface area contributed by atoms with Crippen molar-refractivity contribution in [3.8, 4) is 5.75 Å². The molecule has 5 heteroatoms. The van der Waals surface area contributed by atoms with Crippen molar-refractivity contribution in [1.29, 1.82) is 0 Å². The number of amides is 1. The molecule has 1 heterocycles. The molecule has 0 radical (unpaired) electrons. The summed E-state index contributed by atoms with van der Waals surface area (Å²) in [5.74, 6) is -0.541. The highest BCUT2D eigenvalue weighted by Crippen LogP contribution is 2.42. The number of carbonyl (C=O) groups excluding carboxylic acids is 1. The average Bonchev–Trinajstić information content (AvgIpc) is 3.00. The zero-order valence-electron chi connectivity index (χ0n) is 12.1. The van der Waals surface area contributed by atoms with Gasteiger partial charge >= 0.3 is 0 Å². The number of benzene rings is 1. The Labute approximate surface area is 128 Å². The number of rotatable bonds is 3. The lowest BCUT2D eigenvalue weighted by Gasteiger charge is -2.28. The first-order chi connectivity index (χ1) is 10.6. The topological polar surface area (TPSA) is 62.2 Å². The minimum absolute atomic E-state index is 0.0803. The van der Waals surface area contributed by atoms with Crippen LogP contribution in [0.15, 0.2) is 42.6 Å². The molecular formula is C17H17FN2O2. The minimum Gasteiger partial charge on any atom is -0.504 e. The lowest BCUT2D eigenvalue weighted by molar-refractivity contribution is -0.121. The van der Waals surface area contributed by atoms with Gasteiger partial charge in [-0.2, -0.15) is 0 Å². The maximum absolute atomic E-state index is 13.6. The molecule has 1 saturated carbocycles. The quantitative estimate of drug-likeness (QED) is 0.913. The van der Waals surface area contributed by atoms with E-state index >= 15 is 0 Å². The van der Waals surface area contributed by atoms with Gasteiger partial charge in [-0.25, -0.2) is 9.37 Å². The fourth-order valence-corrected chi connectivity index (χ4v) is 3.13. The van der Waals surface area contributed by atoms with Crippen LogP contribution in [0.1, 0.15) is 31.2 Å². The lowest BCUT2D eigenvalue weighted by atomic mass is 9.78. The second-order valence-corrected chi connectivity index (χ2v) is 5.62. The van der Waals surface area contributed by atoms with Gasteiger partial charge in [0.2, 0.25) is 5.91 Å². The molecule has 4 nitrogen and oxygen atoms in total. The van der Waals surface area contributed by atoms with Crippen LogP contribution in [-0.2, 0) is 10.2 Å². The van der Waals surface area contributed by atoms with Crippen molar-refractivity contribution in [2.45, 2.75) is 31.1 Å². The Morgan fingerprint density at radius 1 is 1.23 bits per heavy atom. The van der Waals surface area contributed by atoms with E-state index < -0.39 is 5.41 Å². The van der Waals surface area contributed by atoms with Crippen molar-refractivity contribution < 1.29 is 14.3 Å². The zero-order valence-corrected chi connectivity index (χ0v) is 12.1. The number of aromatic hydroxyl groups is 1. The van der Waals surface area contributed by atoms with Gasteiger partial charge in [0.25, 0.3) is 0 Å². The number of hydrogen-bond acceptors (Lipinski definition) is 3. The van der Waals surface area contributed by atoms with Crippen LogP contribution >= 0.6 is 0 Å². The molecule has 1 aromatic carbocycles. The van der Waals surface area contributed by atoms with Gasteiger partial charge in [0.15, 0.2) is 11.6 Å². The molecule has 22 heavy (non-hydrogen) atoms. The Kier molecular flexibility index (Phi) is 3.79. The molecule has 0 saturated heterocycles. The standard InChI is InChI=1S/C17H17FN2O2/c18-13-6-3-5-12(11-13)17(8-1-2-9-17)16(22)20-15-14(21)7-4-10-19-15/h3-7,10-11,21H,1-2,8-9H2,(H,19,20,22). The van der Waals surface area contributed by atoms with E-state index in [-0.39, 0.29) is 23.3 Å². The molecule has 0 spiro atoms. The Balaban J connectivity index is 1.94. The van der Waals surface area contributed by atoms with E-state index in [1.807, 2.05) is 0 Å². The summed E-state index contributed by atoms with van der Waals surface area (Å²) in [6, 6.07) is 9.25.